The number of aliphatic hydroxyl groups excluding tert-OH is 1. The van der Waals surface area contributed by atoms with Gasteiger partial charge in [-0.15, -0.1) is 0 Å². The predicted molar refractivity (Wildman–Crippen MR) is 80.5 cm³/mol. The zero-order chi connectivity index (χ0) is 14.4. The summed E-state index contributed by atoms with van der Waals surface area (Å²) in [7, 11) is 0. The number of carbonyl (C=O) groups is 1. The summed E-state index contributed by atoms with van der Waals surface area (Å²) in [5, 5.41) is 12.5. The number of aliphatic hydroxyl groups is 1. The highest BCUT2D eigenvalue weighted by Crippen LogP contribution is 2.23. The van der Waals surface area contributed by atoms with Gasteiger partial charge >= 0.3 is 0 Å². The van der Waals surface area contributed by atoms with Gasteiger partial charge in [0, 0.05) is 13.0 Å². The molecule has 0 saturated heterocycles. The minimum absolute atomic E-state index is 0.122. The van der Waals surface area contributed by atoms with Crippen LogP contribution >= 0.6 is 0 Å². The Morgan fingerprint density at radius 3 is 2.75 bits per heavy atom. The minimum Gasteiger partial charge on any atom is -0.393 e. The average Bonchev–Trinajstić information content (AvgIpc) is 2.45. The monoisotopic (exact) mass is 275 g/mol. The quantitative estimate of drug-likeness (QED) is 0.868. The van der Waals surface area contributed by atoms with E-state index in [1.165, 1.54) is 11.1 Å². The van der Waals surface area contributed by atoms with E-state index in [0.29, 0.717) is 12.3 Å². The molecule has 3 heteroatoms. The SMILES string of the molecule is Cc1cccc(CCC(=O)NCC2CCC(O)CC2)c1. The van der Waals surface area contributed by atoms with Gasteiger partial charge in [-0.25, -0.2) is 0 Å². The van der Waals surface area contributed by atoms with Gasteiger partial charge in [0.15, 0.2) is 0 Å². The van der Waals surface area contributed by atoms with Crippen molar-refractivity contribution in [2.24, 2.45) is 5.92 Å². The lowest BCUT2D eigenvalue weighted by Crippen LogP contribution is -2.32. The Morgan fingerprint density at radius 1 is 1.30 bits per heavy atom. The van der Waals surface area contributed by atoms with Crippen LogP contribution in [0.2, 0.25) is 0 Å². The third-order valence-corrected chi connectivity index (χ3v) is 4.13. The van der Waals surface area contributed by atoms with Crippen molar-refractivity contribution in [1.29, 1.82) is 0 Å². The van der Waals surface area contributed by atoms with Crippen LogP contribution < -0.4 is 5.32 Å². The second-order valence-electron chi connectivity index (χ2n) is 5.97. The first-order valence-electron chi connectivity index (χ1n) is 7.64. The van der Waals surface area contributed by atoms with Crippen LogP contribution in [0.4, 0.5) is 0 Å². The topological polar surface area (TPSA) is 49.3 Å². The van der Waals surface area contributed by atoms with E-state index in [4.69, 9.17) is 0 Å². The van der Waals surface area contributed by atoms with Crippen molar-refractivity contribution in [3.63, 3.8) is 0 Å². The fraction of sp³-hybridized carbons (Fsp3) is 0.588. The van der Waals surface area contributed by atoms with Crippen LogP contribution in [0.3, 0.4) is 0 Å². The van der Waals surface area contributed by atoms with Crippen molar-refractivity contribution in [3.05, 3.63) is 35.4 Å². The van der Waals surface area contributed by atoms with Crippen LogP contribution in [0.1, 0.15) is 43.2 Å². The lowest BCUT2D eigenvalue weighted by Gasteiger charge is -2.25. The zero-order valence-electron chi connectivity index (χ0n) is 12.3. The summed E-state index contributed by atoms with van der Waals surface area (Å²) in [6.45, 7) is 2.83. The van der Waals surface area contributed by atoms with Crippen LogP contribution in [0.25, 0.3) is 0 Å². The maximum atomic E-state index is 11.8. The molecule has 2 N–H and O–H groups in total. The molecule has 0 aliphatic heterocycles. The van der Waals surface area contributed by atoms with Crippen LogP contribution in [-0.2, 0) is 11.2 Å². The van der Waals surface area contributed by atoms with Crippen LogP contribution in [0, 0.1) is 12.8 Å². The molecule has 0 unspecified atom stereocenters. The fourth-order valence-corrected chi connectivity index (χ4v) is 2.82. The first kappa shape index (κ1) is 15.0. The zero-order valence-corrected chi connectivity index (χ0v) is 12.3. The number of hydrogen-bond donors (Lipinski definition) is 2. The first-order valence-corrected chi connectivity index (χ1v) is 7.64. The summed E-state index contributed by atoms with van der Waals surface area (Å²) < 4.78 is 0. The Morgan fingerprint density at radius 2 is 2.05 bits per heavy atom. The van der Waals surface area contributed by atoms with Crippen molar-refractivity contribution in [2.45, 2.75) is 51.6 Å². The van der Waals surface area contributed by atoms with E-state index in [1.54, 1.807) is 0 Å². The highest BCUT2D eigenvalue weighted by Gasteiger charge is 2.19. The van der Waals surface area contributed by atoms with E-state index < -0.39 is 0 Å². The number of benzene rings is 1. The number of hydrogen-bond acceptors (Lipinski definition) is 2. The molecule has 110 valence electrons. The van der Waals surface area contributed by atoms with Crippen molar-refractivity contribution in [1.82, 2.24) is 5.32 Å². The van der Waals surface area contributed by atoms with E-state index in [9.17, 15) is 9.90 Å². The van der Waals surface area contributed by atoms with Gasteiger partial charge < -0.3 is 10.4 Å². The fourth-order valence-electron chi connectivity index (χ4n) is 2.82. The van der Waals surface area contributed by atoms with E-state index in [2.05, 4.69) is 30.4 Å². The Balaban J connectivity index is 1.65. The predicted octanol–water partition coefficient (Wildman–Crippen LogP) is 2.59. The number of carbonyl (C=O) groups excluding carboxylic acids is 1. The molecule has 1 aromatic carbocycles. The molecule has 0 heterocycles. The molecule has 1 aliphatic rings. The molecular formula is C17H25NO2. The second-order valence-corrected chi connectivity index (χ2v) is 5.97. The summed E-state index contributed by atoms with van der Waals surface area (Å²) in [5.41, 5.74) is 2.46. The molecule has 1 aromatic rings. The van der Waals surface area contributed by atoms with Crippen molar-refractivity contribution in [3.8, 4) is 0 Å². The van der Waals surface area contributed by atoms with E-state index in [-0.39, 0.29) is 12.0 Å². The Kier molecular flexibility index (Phi) is 5.60. The van der Waals surface area contributed by atoms with Gasteiger partial charge in [0.2, 0.25) is 5.91 Å². The normalized spacial score (nSPS) is 22.5. The standard InChI is InChI=1S/C17H25NO2/c1-13-3-2-4-14(11-13)7-10-17(20)18-12-15-5-8-16(19)9-6-15/h2-4,11,15-16,19H,5-10,12H2,1H3,(H,18,20). The Bertz CT molecular complexity index is 436. The molecule has 0 spiro atoms. The van der Waals surface area contributed by atoms with Gasteiger partial charge in [-0.1, -0.05) is 29.8 Å². The molecule has 1 amide bonds. The van der Waals surface area contributed by atoms with E-state index >= 15 is 0 Å². The highest BCUT2D eigenvalue weighted by molar-refractivity contribution is 5.76. The van der Waals surface area contributed by atoms with Crippen LogP contribution in [0.5, 0.6) is 0 Å². The molecule has 0 radical (unpaired) electrons. The Labute approximate surface area is 121 Å². The summed E-state index contributed by atoms with van der Waals surface area (Å²) in [5.74, 6) is 0.680. The van der Waals surface area contributed by atoms with Crippen LogP contribution in [-0.4, -0.2) is 23.7 Å². The number of aryl methyl sites for hydroxylation is 2. The molecule has 0 bridgehead atoms. The molecule has 1 aliphatic carbocycles. The number of rotatable bonds is 5. The van der Waals surface area contributed by atoms with E-state index in [0.717, 1.165) is 38.6 Å². The molecule has 20 heavy (non-hydrogen) atoms. The second kappa shape index (κ2) is 7.44. The lowest BCUT2D eigenvalue weighted by molar-refractivity contribution is -0.121. The van der Waals surface area contributed by atoms with Gasteiger partial charge in [0.05, 0.1) is 6.10 Å². The maximum absolute atomic E-state index is 11.8. The lowest BCUT2D eigenvalue weighted by atomic mass is 9.87. The van der Waals surface area contributed by atoms with E-state index in [1.807, 2.05) is 6.07 Å². The molecular weight excluding hydrogens is 250 g/mol. The number of nitrogens with one attached hydrogen (secondary N) is 1. The smallest absolute Gasteiger partial charge is 0.220 e. The van der Waals surface area contributed by atoms with Gasteiger partial charge in [-0.2, -0.15) is 0 Å². The minimum atomic E-state index is -0.122. The largest absolute Gasteiger partial charge is 0.393 e. The average molecular weight is 275 g/mol. The van der Waals surface area contributed by atoms with Crippen molar-refractivity contribution in [2.75, 3.05) is 6.54 Å². The molecule has 1 fully saturated rings. The summed E-state index contributed by atoms with van der Waals surface area (Å²) in [6, 6.07) is 8.32. The molecule has 3 nitrogen and oxygen atoms in total. The molecule has 1 saturated carbocycles. The van der Waals surface area contributed by atoms with Crippen molar-refractivity contribution < 1.29 is 9.90 Å². The highest BCUT2D eigenvalue weighted by atomic mass is 16.3. The third-order valence-electron chi connectivity index (χ3n) is 4.13. The van der Waals surface area contributed by atoms with Gasteiger partial charge in [0.1, 0.15) is 0 Å². The molecule has 2 rings (SSSR count). The number of amides is 1. The molecule has 0 aromatic heterocycles. The summed E-state index contributed by atoms with van der Waals surface area (Å²) in [6.07, 6.45) is 5.05. The maximum Gasteiger partial charge on any atom is 0.220 e. The third kappa shape index (κ3) is 4.97. The first-order chi connectivity index (χ1) is 9.63. The van der Waals surface area contributed by atoms with Crippen molar-refractivity contribution >= 4 is 5.91 Å². The van der Waals surface area contributed by atoms with Gasteiger partial charge in [-0.3, -0.25) is 4.79 Å². The summed E-state index contributed by atoms with van der Waals surface area (Å²) >= 11 is 0. The summed E-state index contributed by atoms with van der Waals surface area (Å²) in [4.78, 5) is 11.8. The van der Waals surface area contributed by atoms with Gasteiger partial charge in [0.25, 0.3) is 0 Å². The van der Waals surface area contributed by atoms with Gasteiger partial charge in [-0.05, 0) is 50.5 Å². The Hall–Kier alpha value is -1.35. The molecule has 0 atom stereocenters. The van der Waals surface area contributed by atoms with Crippen LogP contribution in [0.15, 0.2) is 24.3 Å².